The molecule has 13 nitrogen and oxygen atoms in total. The van der Waals surface area contributed by atoms with Crippen molar-refractivity contribution in [1.82, 2.24) is 19.8 Å². The predicted molar refractivity (Wildman–Crippen MR) is 209 cm³/mol. The number of hydrogen-bond donors (Lipinski definition) is 0. The molecule has 2 fully saturated rings. The number of benzene rings is 3. The first-order chi connectivity index (χ1) is 26.6. The van der Waals surface area contributed by atoms with E-state index in [4.69, 9.17) is 35.5 Å². The van der Waals surface area contributed by atoms with E-state index in [0.29, 0.717) is 45.8 Å². The van der Waals surface area contributed by atoms with Gasteiger partial charge in [-0.1, -0.05) is 66.7 Å². The summed E-state index contributed by atoms with van der Waals surface area (Å²) in [4.78, 5) is 47.9. The van der Waals surface area contributed by atoms with Gasteiger partial charge in [0.05, 0.1) is 31.4 Å². The Morgan fingerprint density at radius 3 is 2.49 bits per heavy atom. The van der Waals surface area contributed by atoms with Crippen molar-refractivity contribution >= 4 is 34.5 Å². The molecule has 0 spiro atoms. The van der Waals surface area contributed by atoms with Crippen LogP contribution in [-0.4, -0.2) is 108 Å². The van der Waals surface area contributed by atoms with Gasteiger partial charge in [0.25, 0.3) is 0 Å². The van der Waals surface area contributed by atoms with E-state index in [1.807, 2.05) is 64.1 Å². The number of hydrogen-bond acceptors (Lipinski definition) is 10. The molecule has 3 aliphatic heterocycles. The summed E-state index contributed by atoms with van der Waals surface area (Å²) in [5.74, 6) is 0.749. The molecule has 4 aromatic rings. The highest BCUT2D eigenvalue weighted by atomic mass is 16.6. The highest BCUT2D eigenvalue weighted by Gasteiger charge is 2.37. The summed E-state index contributed by atoms with van der Waals surface area (Å²) in [6.45, 7) is 18.9. The zero-order valence-electron chi connectivity index (χ0n) is 32.0. The van der Waals surface area contributed by atoms with Crippen molar-refractivity contribution in [2.75, 3.05) is 62.3 Å². The second-order valence-electron chi connectivity index (χ2n) is 15.3. The molecule has 2 saturated heterocycles. The summed E-state index contributed by atoms with van der Waals surface area (Å²) in [6.07, 6.45) is -0.521. The molecule has 0 aliphatic carbocycles. The van der Waals surface area contributed by atoms with Gasteiger partial charge in [-0.05, 0) is 51.1 Å². The molecule has 0 N–H and O–H groups in total. The van der Waals surface area contributed by atoms with Gasteiger partial charge in [0.1, 0.15) is 36.8 Å². The molecule has 4 heterocycles. The fraction of sp³-hybridized carbons (Fsp3) is 0.452. The number of rotatable bonds is 8. The molecule has 0 unspecified atom stereocenters. The summed E-state index contributed by atoms with van der Waals surface area (Å²) in [5.41, 5.74) is 3.32. The SMILES string of the molecule is [C-]#[N+]C[C@H]1CN(c2nc(OC[C@H]3CN(C(=O)OC(C)(C)C)[C@H](C)CO3)nc3c2CCN(c2cccc4ccccc24)C3)CCN1C(=O)OCc1ccccc1. The van der Waals surface area contributed by atoms with Crippen LogP contribution in [-0.2, 0) is 33.8 Å². The van der Waals surface area contributed by atoms with Gasteiger partial charge >= 0.3 is 18.2 Å². The van der Waals surface area contributed by atoms with E-state index in [1.54, 1.807) is 9.80 Å². The fourth-order valence-corrected chi connectivity index (χ4v) is 7.42. The standard InChI is InChI=1S/C42H49N7O6/c1-29-26-52-33(24-49(29)41(51)55-42(2,3)4)28-53-39-44-36-25-46(37-17-11-15-31-14-9-10-16-34(31)37)19-18-35(36)38(45-39)47-20-21-48(32(23-47)22-43-5)40(50)54-27-30-12-7-6-8-13-30/h6-17,29,32-33H,18-28H2,1-4H3/t29-,32+,33-/m1/s1. The van der Waals surface area contributed by atoms with Crippen LogP contribution in [0.4, 0.5) is 21.1 Å². The third-order valence-corrected chi connectivity index (χ3v) is 10.2. The minimum absolute atomic E-state index is 0.133. The molecular weight excluding hydrogens is 699 g/mol. The number of anilines is 2. The molecule has 7 rings (SSSR count). The number of ether oxygens (including phenoxy) is 4. The van der Waals surface area contributed by atoms with Crippen LogP contribution in [0.3, 0.4) is 0 Å². The largest absolute Gasteiger partial charge is 0.461 e. The van der Waals surface area contributed by atoms with Gasteiger partial charge in [-0.2, -0.15) is 9.97 Å². The number of morpholine rings is 1. The Hall–Kier alpha value is -5.61. The van der Waals surface area contributed by atoms with Crippen LogP contribution in [0.25, 0.3) is 15.6 Å². The number of carbonyl (C=O) groups excluding carboxylic acids is 2. The van der Waals surface area contributed by atoms with Gasteiger partial charge in [-0.15, -0.1) is 0 Å². The van der Waals surface area contributed by atoms with E-state index in [-0.39, 0.29) is 37.9 Å². The van der Waals surface area contributed by atoms with Gasteiger partial charge in [0.15, 0.2) is 0 Å². The highest BCUT2D eigenvalue weighted by Crippen LogP contribution is 2.35. The lowest BCUT2D eigenvalue weighted by molar-refractivity contribution is -0.0782. The summed E-state index contributed by atoms with van der Waals surface area (Å²) in [5, 5.41) is 2.35. The van der Waals surface area contributed by atoms with Crippen molar-refractivity contribution < 1.29 is 28.5 Å². The molecule has 0 saturated carbocycles. The average Bonchev–Trinajstić information content (AvgIpc) is 3.18. The minimum Gasteiger partial charge on any atom is -0.461 e. The Labute approximate surface area is 322 Å². The van der Waals surface area contributed by atoms with Gasteiger partial charge in [-0.25, -0.2) is 16.2 Å². The first-order valence-electron chi connectivity index (χ1n) is 19.0. The Bertz CT molecular complexity index is 2030. The molecule has 0 radical (unpaired) electrons. The van der Waals surface area contributed by atoms with Crippen LogP contribution in [0.5, 0.6) is 6.01 Å². The Morgan fingerprint density at radius 2 is 1.69 bits per heavy atom. The number of aromatic nitrogens is 2. The second kappa shape index (κ2) is 16.4. The summed E-state index contributed by atoms with van der Waals surface area (Å²) >= 11 is 0. The van der Waals surface area contributed by atoms with Crippen molar-refractivity contribution in [2.45, 2.75) is 71.1 Å². The minimum atomic E-state index is -0.615. The Morgan fingerprint density at radius 1 is 0.909 bits per heavy atom. The zero-order valence-corrected chi connectivity index (χ0v) is 32.0. The maximum absolute atomic E-state index is 13.3. The number of carbonyl (C=O) groups is 2. The van der Waals surface area contributed by atoms with Crippen LogP contribution in [0.2, 0.25) is 0 Å². The zero-order chi connectivity index (χ0) is 38.5. The van der Waals surface area contributed by atoms with Crippen LogP contribution >= 0.6 is 0 Å². The van der Waals surface area contributed by atoms with E-state index < -0.39 is 23.8 Å². The number of amides is 2. The first kappa shape index (κ1) is 37.7. The van der Waals surface area contributed by atoms with Crippen LogP contribution in [0, 0.1) is 6.57 Å². The number of nitrogens with zero attached hydrogens (tertiary/aromatic N) is 7. The molecule has 55 heavy (non-hydrogen) atoms. The van der Waals surface area contributed by atoms with Crippen molar-refractivity contribution in [2.24, 2.45) is 0 Å². The monoisotopic (exact) mass is 747 g/mol. The molecular formula is C42H49N7O6. The lowest BCUT2D eigenvalue weighted by Crippen LogP contribution is -2.57. The molecule has 2 amide bonds. The topological polar surface area (TPSA) is 114 Å². The second-order valence-corrected chi connectivity index (χ2v) is 15.3. The summed E-state index contributed by atoms with van der Waals surface area (Å²) in [6, 6.07) is 24.0. The molecule has 1 aromatic heterocycles. The van der Waals surface area contributed by atoms with Crippen LogP contribution in [0.1, 0.15) is 44.5 Å². The average molecular weight is 748 g/mol. The van der Waals surface area contributed by atoms with E-state index in [9.17, 15) is 9.59 Å². The maximum atomic E-state index is 13.3. The van der Waals surface area contributed by atoms with Crippen molar-refractivity contribution in [3.05, 3.63) is 101 Å². The highest BCUT2D eigenvalue weighted by molar-refractivity contribution is 5.94. The number of fused-ring (bicyclic) bond motifs is 2. The predicted octanol–water partition coefficient (Wildman–Crippen LogP) is 6.34. The van der Waals surface area contributed by atoms with E-state index in [2.05, 4.69) is 51.0 Å². The molecule has 3 aromatic carbocycles. The van der Waals surface area contributed by atoms with Crippen molar-refractivity contribution in [1.29, 1.82) is 0 Å². The smallest absolute Gasteiger partial charge is 0.410 e. The van der Waals surface area contributed by atoms with Crippen LogP contribution in [0.15, 0.2) is 72.8 Å². The van der Waals surface area contributed by atoms with Gasteiger partial charge in [0.2, 0.25) is 6.54 Å². The van der Waals surface area contributed by atoms with E-state index in [1.165, 1.54) is 10.8 Å². The quantitative estimate of drug-likeness (QED) is 0.189. The lowest BCUT2D eigenvalue weighted by Gasteiger charge is -2.41. The summed E-state index contributed by atoms with van der Waals surface area (Å²) in [7, 11) is 0. The Balaban J connectivity index is 1.13. The molecule has 13 heteroatoms. The molecule has 3 atom stereocenters. The molecule has 288 valence electrons. The van der Waals surface area contributed by atoms with Crippen molar-refractivity contribution in [3.8, 4) is 6.01 Å². The maximum Gasteiger partial charge on any atom is 0.410 e. The van der Waals surface area contributed by atoms with E-state index in [0.717, 1.165) is 34.9 Å². The molecule has 0 bridgehead atoms. The first-order valence-corrected chi connectivity index (χ1v) is 19.0. The normalized spacial score (nSPS) is 20.1. The van der Waals surface area contributed by atoms with Gasteiger partial charge in [0, 0.05) is 42.8 Å². The van der Waals surface area contributed by atoms with Crippen molar-refractivity contribution in [3.63, 3.8) is 0 Å². The molecule has 3 aliphatic rings. The number of piperazine rings is 1. The Kier molecular flexibility index (Phi) is 11.2. The lowest BCUT2D eigenvalue weighted by atomic mass is 10.0. The summed E-state index contributed by atoms with van der Waals surface area (Å²) < 4.78 is 23.8. The van der Waals surface area contributed by atoms with Gasteiger partial charge < -0.3 is 38.5 Å². The fourth-order valence-electron chi connectivity index (χ4n) is 7.42. The van der Waals surface area contributed by atoms with E-state index >= 15 is 0 Å². The third kappa shape index (κ3) is 8.86. The van der Waals surface area contributed by atoms with Gasteiger partial charge in [-0.3, -0.25) is 4.90 Å². The van der Waals surface area contributed by atoms with Crippen LogP contribution < -0.4 is 14.5 Å². The third-order valence-electron chi connectivity index (χ3n) is 10.2.